The molecule has 10 nitrogen and oxygen atoms in total. The molecule has 0 aliphatic carbocycles. The molecule has 0 saturated carbocycles. The monoisotopic (exact) mass is 447 g/mol. The lowest BCUT2D eigenvalue weighted by atomic mass is 10.0. The topological polar surface area (TPSA) is 137 Å². The Bertz CT molecular complexity index is 977. The van der Waals surface area contributed by atoms with E-state index in [4.69, 9.17) is 11.6 Å². The zero-order chi connectivity index (χ0) is 22.5. The smallest absolute Gasteiger partial charge is 0.319 e. The third-order valence-electron chi connectivity index (χ3n) is 4.86. The third-order valence-corrected chi connectivity index (χ3v) is 5.27. The molecule has 4 N–H and O–H groups in total. The van der Waals surface area contributed by atoms with Gasteiger partial charge in [-0.3, -0.25) is 29.4 Å². The van der Waals surface area contributed by atoms with Crippen molar-refractivity contribution in [2.24, 2.45) is 0 Å². The molecule has 0 spiro atoms. The van der Waals surface area contributed by atoms with Crippen LogP contribution in [-0.4, -0.2) is 53.7 Å². The Labute approximate surface area is 183 Å². The number of rotatable bonds is 7. The summed E-state index contributed by atoms with van der Waals surface area (Å²) in [4.78, 5) is 60.6. The maximum atomic E-state index is 12.5. The van der Waals surface area contributed by atoms with Crippen LogP contribution < -0.4 is 21.3 Å². The van der Waals surface area contributed by atoms with Crippen LogP contribution in [0.15, 0.2) is 30.0 Å². The molecule has 31 heavy (non-hydrogen) atoms. The first-order valence-corrected chi connectivity index (χ1v) is 10.1. The molecule has 164 valence electrons. The van der Waals surface area contributed by atoms with Gasteiger partial charge in [-0.2, -0.15) is 0 Å². The second-order valence-electron chi connectivity index (χ2n) is 7.16. The zero-order valence-corrected chi connectivity index (χ0v) is 17.5. The molecule has 1 aromatic carbocycles. The van der Waals surface area contributed by atoms with Crippen molar-refractivity contribution in [3.63, 3.8) is 0 Å². The molecule has 0 bridgehead atoms. The van der Waals surface area contributed by atoms with Crippen molar-refractivity contribution < 1.29 is 24.0 Å². The van der Waals surface area contributed by atoms with Gasteiger partial charge in [0.05, 0.1) is 0 Å². The summed E-state index contributed by atoms with van der Waals surface area (Å²) in [5.41, 5.74) is 1.55. The first-order valence-electron chi connectivity index (χ1n) is 9.74. The summed E-state index contributed by atoms with van der Waals surface area (Å²) in [5, 5.41) is 10.9. The highest BCUT2D eigenvalue weighted by Crippen LogP contribution is 2.21. The van der Waals surface area contributed by atoms with Gasteiger partial charge in [-0.25, -0.2) is 4.79 Å². The predicted octanol–water partition coefficient (Wildman–Crippen LogP) is 0.808. The fourth-order valence-electron chi connectivity index (χ4n) is 3.19. The Morgan fingerprint density at radius 3 is 2.71 bits per heavy atom. The van der Waals surface area contributed by atoms with Crippen LogP contribution in [0.25, 0.3) is 0 Å². The highest BCUT2D eigenvalue weighted by Gasteiger charge is 2.42. The van der Waals surface area contributed by atoms with Gasteiger partial charge in [-0.1, -0.05) is 17.7 Å². The minimum Gasteiger partial charge on any atom is -0.380 e. The fourth-order valence-corrected chi connectivity index (χ4v) is 3.37. The van der Waals surface area contributed by atoms with E-state index in [1.54, 1.807) is 18.2 Å². The average molecular weight is 448 g/mol. The van der Waals surface area contributed by atoms with Crippen molar-refractivity contribution in [1.82, 2.24) is 20.9 Å². The van der Waals surface area contributed by atoms with Crippen LogP contribution in [0.4, 0.5) is 10.5 Å². The Morgan fingerprint density at radius 1 is 1.23 bits per heavy atom. The number of hydrogen-bond donors (Lipinski definition) is 4. The van der Waals surface area contributed by atoms with Gasteiger partial charge < -0.3 is 16.0 Å². The van der Waals surface area contributed by atoms with Gasteiger partial charge in [0.15, 0.2) is 0 Å². The van der Waals surface area contributed by atoms with Crippen LogP contribution in [0.2, 0.25) is 5.02 Å². The Balaban J connectivity index is 1.40. The minimum atomic E-state index is -0.992. The van der Waals surface area contributed by atoms with Gasteiger partial charge in [0.1, 0.15) is 11.7 Å². The Morgan fingerprint density at radius 2 is 2.00 bits per heavy atom. The van der Waals surface area contributed by atoms with Gasteiger partial charge in [0.2, 0.25) is 11.8 Å². The number of piperidine rings is 1. The Hall–Kier alpha value is -3.40. The first-order chi connectivity index (χ1) is 14.8. The number of nitrogens with one attached hydrogen (secondary N) is 4. The van der Waals surface area contributed by atoms with Gasteiger partial charge in [-0.15, -0.1) is 0 Å². The van der Waals surface area contributed by atoms with E-state index in [-0.39, 0.29) is 18.5 Å². The van der Waals surface area contributed by atoms with Crippen molar-refractivity contribution in [1.29, 1.82) is 0 Å². The van der Waals surface area contributed by atoms with E-state index in [9.17, 15) is 24.0 Å². The molecule has 1 aromatic rings. The molecule has 1 fully saturated rings. The van der Waals surface area contributed by atoms with Gasteiger partial charge in [0, 0.05) is 36.3 Å². The summed E-state index contributed by atoms with van der Waals surface area (Å²) in [6.45, 7) is 2.51. The maximum absolute atomic E-state index is 12.5. The number of imide groups is 2. The summed E-state index contributed by atoms with van der Waals surface area (Å²) >= 11 is 6.02. The van der Waals surface area contributed by atoms with Crippen molar-refractivity contribution in [2.75, 3.05) is 18.4 Å². The lowest BCUT2D eigenvalue weighted by Crippen LogP contribution is -2.54. The van der Waals surface area contributed by atoms with E-state index in [1.807, 2.05) is 6.92 Å². The standard InChI is InChI=1S/C20H22ClN5O5/c1-11-3-4-12(9-13(11)21)24-20(31)23-8-2-7-22-14-10-17(28)26(19(14)30)15-5-6-16(27)25-18(15)29/h3-4,9-10,15,22H,2,5-8H2,1H3,(H2,23,24,31)(H,25,27,29). The molecule has 2 heterocycles. The van der Waals surface area contributed by atoms with Crippen molar-refractivity contribution >= 4 is 46.9 Å². The largest absolute Gasteiger partial charge is 0.380 e. The van der Waals surface area contributed by atoms with E-state index in [1.165, 1.54) is 0 Å². The molecule has 1 saturated heterocycles. The second-order valence-corrected chi connectivity index (χ2v) is 7.57. The molecular formula is C20H22ClN5O5. The SMILES string of the molecule is Cc1ccc(NC(=O)NCCCNC2=CC(=O)N(C3CCC(=O)NC3=O)C2=O)cc1Cl. The number of hydrogen-bond acceptors (Lipinski definition) is 6. The molecule has 1 unspecified atom stereocenters. The second kappa shape index (κ2) is 9.61. The summed E-state index contributed by atoms with van der Waals surface area (Å²) in [7, 11) is 0. The molecule has 11 heteroatoms. The van der Waals surface area contributed by atoms with E-state index >= 15 is 0 Å². The Kier molecular flexibility index (Phi) is 6.91. The molecule has 2 aliphatic heterocycles. The molecule has 1 atom stereocenters. The van der Waals surface area contributed by atoms with Crippen LogP contribution >= 0.6 is 11.6 Å². The average Bonchev–Trinajstić information content (AvgIpc) is 2.98. The number of carbonyl (C=O) groups is 5. The van der Waals surface area contributed by atoms with Crippen molar-refractivity contribution in [3.05, 3.63) is 40.6 Å². The molecule has 2 aliphatic rings. The number of urea groups is 1. The molecule has 3 rings (SSSR count). The molecule has 0 aromatic heterocycles. The normalized spacial score (nSPS) is 18.6. The zero-order valence-electron chi connectivity index (χ0n) is 16.8. The van der Waals surface area contributed by atoms with Crippen LogP contribution in [0.5, 0.6) is 0 Å². The summed E-state index contributed by atoms with van der Waals surface area (Å²) < 4.78 is 0. The summed E-state index contributed by atoms with van der Waals surface area (Å²) in [6, 6.07) is 3.81. The number of amides is 6. The minimum absolute atomic E-state index is 0.0682. The quantitative estimate of drug-likeness (QED) is 0.360. The number of nitrogens with zero attached hydrogens (tertiary/aromatic N) is 1. The first kappa shape index (κ1) is 22.3. The van der Waals surface area contributed by atoms with Crippen LogP contribution in [0.3, 0.4) is 0 Å². The van der Waals surface area contributed by atoms with Crippen LogP contribution in [0, 0.1) is 6.92 Å². The highest BCUT2D eigenvalue weighted by molar-refractivity contribution is 6.31. The van der Waals surface area contributed by atoms with Gasteiger partial charge >= 0.3 is 6.03 Å². The van der Waals surface area contributed by atoms with Crippen LogP contribution in [0.1, 0.15) is 24.8 Å². The van der Waals surface area contributed by atoms with Gasteiger partial charge in [0.25, 0.3) is 11.8 Å². The number of carbonyl (C=O) groups excluding carboxylic acids is 5. The number of benzene rings is 1. The van der Waals surface area contributed by atoms with Crippen molar-refractivity contribution in [2.45, 2.75) is 32.2 Å². The molecular weight excluding hydrogens is 426 g/mol. The van der Waals surface area contributed by atoms with Gasteiger partial charge in [-0.05, 0) is 37.5 Å². The van der Waals surface area contributed by atoms with E-state index in [0.29, 0.717) is 30.2 Å². The third kappa shape index (κ3) is 5.40. The van der Waals surface area contributed by atoms with E-state index < -0.39 is 35.7 Å². The molecule has 0 radical (unpaired) electrons. The lowest BCUT2D eigenvalue weighted by molar-refractivity contribution is -0.149. The van der Waals surface area contributed by atoms with E-state index in [2.05, 4.69) is 21.3 Å². The number of halogens is 1. The maximum Gasteiger partial charge on any atom is 0.319 e. The molecule has 6 amide bonds. The van der Waals surface area contributed by atoms with Crippen molar-refractivity contribution in [3.8, 4) is 0 Å². The summed E-state index contributed by atoms with van der Waals surface area (Å²) in [6.07, 6.45) is 1.79. The van der Waals surface area contributed by atoms with Crippen LogP contribution in [-0.2, 0) is 19.2 Å². The predicted molar refractivity (Wildman–Crippen MR) is 112 cm³/mol. The number of anilines is 1. The highest BCUT2D eigenvalue weighted by atomic mass is 35.5. The number of aryl methyl sites for hydroxylation is 1. The lowest BCUT2D eigenvalue weighted by Gasteiger charge is -2.28. The fraction of sp³-hybridized carbons (Fsp3) is 0.350. The van der Waals surface area contributed by atoms with E-state index in [0.717, 1.165) is 16.5 Å². The summed E-state index contributed by atoms with van der Waals surface area (Å²) in [5.74, 6) is -2.29.